The zero-order valence-electron chi connectivity index (χ0n) is 37.5. The Morgan fingerprint density at radius 2 is 1.15 bits per heavy atom. The van der Waals surface area contributed by atoms with Crippen LogP contribution in [0.25, 0.3) is 0 Å². The van der Waals surface area contributed by atoms with Crippen molar-refractivity contribution in [1.82, 2.24) is 0 Å². The lowest BCUT2D eigenvalue weighted by Gasteiger charge is -2.41. The van der Waals surface area contributed by atoms with E-state index in [1.54, 1.807) is 0 Å². The molecule has 352 valence electrons. The van der Waals surface area contributed by atoms with Crippen LogP contribution >= 0.6 is 0 Å². The number of aliphatic hydroxyl groups is 3. The topological polar surface area (TPSA) is 178 Å². The minimum Gasteiger partial charge on any atom is -0.457 e. The number of carbonyl (C=O) groups is 1. The number of ether oxygens (including phenoxy) is 4. The van der Waals surface area contributed by atoms with Gasteiger partial charge in [-0.05, 0) is 44.9 Å². The number of unbranched alkanes of at least 4 members (excludes halogenated alkanes) is 22. The molecule has 0 aromatic rings. The number of hydrogen-bond donors (Lipinski definition) is 4. The molecule has 1 aliphatic heterocycles. The monoisotopic (exact) mass is 875 g/mol. The van der Waals surface area contributed by atoms with Gasteiger partial charge in [0.1, 0.15) is 30.5 Å². The minimum absolute atomic E-state index is 0.0266. The molecule has 0 aromatic carbocycles. The van der Waals surface area contributed by atoms with Crippen molar-refractivity contribution in [3.8, 4) is 0 Å². The number of allylic oxidation sites excluding steroid dienone is 6. The third-order valence-corrected chi connectivity index (χ3v) is 11.2. The van der Waals surface area contributed by atoms with Crippen LogP contribution in [0.1, 0.15) is 194 Å². The summed E-state index contributed by atoms with van der Waals surface area (Å²) in [7, 11) is -5.06. The Morgan fingerprint density at radius 3 is 1.67 bits per heavy atom. The van der Waals surface area contributed by atoms with E-state index in [1.165, 1.54) is 109 Å². The maximum Gasteiger partial charge on any atom is 0.397 e. The molecule has 0 aromatic heterocycles. The Kier molecular flexibility index (Phi) is 36.6. The highest BCUT2D eigenvalue weighted by atomic mass is 32.3. The maximum absolute atomic E-state index is 12.8. The summed E-state index contributed by atoms with van der Waals surface area (Å²) in [6.07, 6.45) is 36.2. The minimum atomic E-state index is -5.06. The van der Waals surface area contributed by atoms with Gasteiger partial charge in [-0.25, -0.2) is 4.18 Å². The molecule has 1 aliphatic rings. The van der Waals surface area contributed by atoms with Crippen molar-refractivity contribution in [2.45, 2.75) is 230 Å². The first kappa shape index (κ1) is 56.3. The summed E-state index contributed by atoms with van der Waals surface area (Å²) in [5.74, 6) is -0.426. The van der Waals surface area contributed by atoms with E-state index in [4.69, 9.17) is 23.5 Å². The van der Waals surface area contributed by atoms with Gasteiger partial charge in [0.25, 0.3) is 0 Å². The molecule has 4 N–H and O–H groups in total. The van der Waals surface area contributed by atoms with Crippen LogP contribution in [0.5, 0.6) is 0 Å². The average molecular weight is 875 g/mol. The summed E-state index contributed by atoms with van der Waals surface area (Å²) in [6.45, 7) is 3.86. The summed E-state index contributed by atoms with van der Waals surface area (Å²) in [6, 6.07) is 0. The van der Waals surface area contributed by atoms with Crippen molar-refractivity contribution in [2.24, 2.45) is 0 Å². The van der Waals surface area contributed by atoms with Crippen molar-refractivity contribution in [1.29, 1.82) is 0 Å². The van der Waals surface area contributed by atoms with Gasteiger partial charge in [-0.2, -0.15) is 8.42 Å². The van der Waals surface area contributed by atoms with Crippen LogP contribution in [0.4, 0.5) is 0 Å². The smallest absolute Gasteiger partial charge is 0.397 e. The normalized spacial score (nSPS) is 20.5. The van der Waals surface area contributed by atoms with E-state index < -0.39 is 59.8 Å². The van der Waals surface area contributed by atoms with E-state index in [9.17, 15) is 28.5 Å². The number of hydrogen-bond acceptors (Lipinski definition) is 11. The van der Waals surface area contributed by atoms with Gasteiger partial charge < -0.3 is 34.3 Å². The lowest BCUT2D eigenvalue weighted by atomic mass is 9.99. The number of rotatable bonds is 41. The predicted octanol–water partition coefficient (Wildman–Crippen LogP) is 10.2. The van der Waals surface area contributed by atoms with Crippen molar-refractivity contribution >= 4 is 16.4 Å². The van der Waals surface area contributed by atoms with Gasteiger partial charge in [-0.15, -0.1) is 0 Å². The Bertz CT molecular complexity index is 1190. The molecule has 0 amide bonds. The average Bonchev–Trinajstić information content (AvgIpc) is 3.22. The van der Waals surface area contributed by atoms with E-state index in [0.717, 1.165) is 57.8 Å². The molecule has 0 radical (unpaired) electrons. The van der Waals surface area contributed by atoms with Crippen LogP contribution < -0.4 is 0 Å². The Labute approximate surface area is 364 Å². The maximum atomic E-state index is 12.8. The first-order valence-corrected chi connectivity index (χ1v) is 25.1. The van der Waals surface area contributed by atoms with Crippen LogP contribution in [0.3, 0.4) is 0 Å². The molecule has 1 rings (SSSR count). The van der Waals surface area contributed by atoms with E-state index in [2.05, 4.69) is 54.5 Å². The molecule has 12 nitrogen and oxygen atoms in total. The molecule has 1 heterocycles. The molecule has 60 heavy (non-hydrogen) atoms. The highest BCUT2D eigenvalue weighted by molar-refractivity contribution is 7.80. The summed E-state index contributed by atoms with van der Waals surface area (Å²) in [5.41, 5.74) is 0. The quantitative estimate of drug-likeness (QED) is 0.0198. The van der Waals surface area contributed by atoms with Gasteiger partial charge in [0.2, 0.25) is 0 Å². The van der Waals surface area contributed by atoms with Crippen LogP contribution in [0, 0.1) is 0 Å². The molecular formula is C47H86O12S. The number of carbonyl (C=O) groups excluding carboxylic acids is 1. The summed E-state index contributed by atoms with van der Waals surface area (Å²) in [4.78, 5) is 12.8. The second kappa shape index (κ2) is 39.0. The SMILES string of the molecule is CC/C=C\C/C=C\C/C=C\CCCCCC(=O)OC(COCCCCCCCCCCCCCCCCCCCCCC)COC1OC(CO)C(O)C(OS(=O)(=O)O)C1O. The van der Waals surface area contributed by atoms with Gasteiger partial charge in [0, 0.05) is 13.0 Å². The van der Waals surface area contributed by atoms with Gasteiger partial charge in [0.15, 0.2) is 6.29 Å². The number of aliphatic hydroxyl groups excluding tert-OH is 3. The Hall–Kier alpha value is -1.68. The van der Waals surface area contributed by atoms with E-state index in [-0.39, 0.29) is 19.6 Å². The van der Waals surface area contributed by atoms with Gasteiger partial charge in [-0.1, -0.05) is 179 Å². The van der Waals surface area contributed by atoms with Gasteiger partial charge >= 0.3 is 16.4 Å². The predicted molar refractivity (Wildman–Crippen MR) is 239 cm³/mol. The van der Waals surface area contributed by atoms with Gasteiger partial charge in [0.05, 0.1) is 19.8 Å². The second-order valence-corrected chi connectivity index (χ2v) is 17.4. The molecule has 6 atom stereocenters. The van der Waals surface area contributed by atoms with Crippen LogP contribution in [0.2, 0.25) is 0 Å². The Morgan fingerprint density at radius 1 is 0.650 bits per heavy atom. The molecule has 0 aliphatic carbocycles. The summed E-state index contributed by atoms with van der Waals surface area (Å²) in [5, 5.41) is 30.7. The van der Waals surface area contributed by atoms with E-state index in [0.29, 0.717) is 13.0 Å². The fourth-order valence-electron chi connectivity index (χ4n) is 7.22. The van der Waals surface area contributed by atoms with Crippen molar-refractivity contribution < 1.29 is 56.2 Å². The van der Waals surface area contributed by atoms with Crippen molar-refractivity contribution in [3.63, 3.8) is 0 Å². The molecule has 1 fully saturated rings. The second-order valence-electron chi connectivity index (χ2n) is 16.3. The zero-order chi connectivity index (χ0) is 43.9. The Balaban J connectivity index is 2.38. The molecule has 0 bridgehead atoms. The summed E-state index contributed by atoms with van der Waals surface area (Å²) < 4.78 is 59.1. The van der Waals surface area contributed by atoms with E-state index in [1.807, 2.05) is 0 Å². The van der Waals surface area contributed by atoms with Crippen LogP contribution in [0.15, 0.2) is 36.5 Å². The fourth-order valence-corrected chi connectivity index (χ4v) is 7.73. The molecular weight excluding hydrogens is 789 g/mol. The molecule has 1 saturated heterocycles. The molecule has 0 saturated carbocycles. The zero-order valence-corrected chi connectivity index (χ0v) is 38.3. The lowest BCUT2D eigenvalue weighted by molar-refractivity contribution is -0.301. The lowest BCUT2D eigenvalue weighted by Crippen LogP contribution is -2.60. The van der Waals surface area contributed by atoms with E-state index >= 15 is 0 Å². The van der Waals surface area contributed by atoms with Crippen molar-refractivity contribution in [3.05, 3.63) is 36.5 Å². The highest BCUT2D eigenvalue weighted by Crippen LogP contribution is 2.26. The standard InChI is InChI=1S/C47H86O12S/c1-3-5-7-9-11-13-15-17-18-19-20-21-22-23-25-27-29-31-33-35-37-55-39-41(40-56-47-45(51)46(59-60(52,53)54)44(50)42(38-48)58-47)57-43(49)36-34-32-30-28-26-24-16-14-12-10-8-6-4-2/h6,8,12,14,24,26,41-42,44-48,50-51H,3-5,7,9-11,13,15-23,25,27-40H2,1-2H3,(H,52,53,54)/b8-6-,14-12-,26-24-. The number of esters is 1. The third kappa shape index (κ3) is 32.1. The molecule has 13 heteroatoms. The first-order chi connectivity index (χ1) is 29.1. The van der Waals surface area contributed by atoms with Crippen LogP contribution in [-0.4, -0.2) is 97.5 Å². The third-order valence-electron chi connectivity index (χ3n) is 10.8. The van der Waals surface area contributed by atoms with Crippen LogP contribution in [-0.2, 0) is 38.3 Å². The largest absolute Gasteiger partial charge is 0.457 e. The fraction of sp³-hybridized carbons (Fsp3) is 0.851. The summed E-state index contributed by atoms with van der Waals surface area (Å²) >= 11 is 0. The highest BCUT2D eigenvalue weighted by Gasteiger charge is 2.48. The molecule has 6 unspecified atom stereocenters. The van der Waals surface area contributed by atoms with Crippen molar-refractivity contribution in [2.75, 3.05) is 26.4 Å². The molecule has 0 spiro atoms. The first-order valence-electron chi connectivity index (χ1n) is 23.7. The van der Waals surface area contributed by atoms with Gasteiger partial charge in [-0.3, -0.25) is 9.35 Å².